The number of nitrogens with zero attached hydrogens (tertiary/aromatic N) is 2. The van der Waals surface area contributed by atoms with E-state index in [1.165, 1.54) is 5.56 Å². The van der Waals surface area contributed by atoms with E-state index in [1.54, 1.807) is 10.9 Å². The van der Waals surface area contributed by atoms with Crippen LogP contribution in [-0.4, -0.2) is 9.78 Å². The van der Waals surface area contributed by atoms with Crippen molar-refractivity contribution in [2.24, 2.45) is 0 Å². The standard InChI is InChI=1S/C13H15ClN2/c1-13(2,3)10-5-6-12(11(14)9-10)16-8-4-7-15-16/h4-9H,1-3H3. The molecule has 0 aliphatic heterocycles. The second kappa shape index (κ2) is 3.95. The molecule has 0 N–H and O–H groups in total. The Kier molecular flexibility index (Phi) is 2.76. The Morgan fingerprint density at radius 1 is 1.25 bits per heavy atom. The molecule has 0 fully saturated rings. The maximum Gasteiger partial charge on any atom is 0.0831 e. The van der Waals surface area contributed by atoms with E-state index < -0.39 is 0 Å². The molecule has 0 bridgehead atoms. The number of aromatic nitrogens is 2. The van der Waals surface area contributed by atoms with Gasteiger partial charge in [-0.1, -0.05) is 38.4 Å². The molecule has 0 atom stereocenters. The quantitative estimate of drug-likeness (QED) is 0.734. The third-order valence-corrected chi connectivity index (χ3v) is 2.87. The van der Waals surface area contributed by atoms with Crippen molar-refractivity contribution < 1.29 is 0 Å². The minimum absolute atomic E-state index is 0.117. The molecule has 0 radical (unpaired) electrons. The van der Waals surface area contributed by atoms with E-state index >= 15 is 0 Å². The molecule has 2 rings (SSSR count). The second-order valence-corrected chi connectivity index (χ2v) is 5.27. The van der Waals surface area contributed by atoms with Gasteiger partial charge in [0.05, 0.1) is 10.7 Å². The lowest BCUT2D eigenvalue weighted by Gasteiger charge is -2.20. The highest BCUT2D eigenvalue weighted by molar-refractivity contribution is 6.32. The topological polar surface area (TPSA) is 17.8 Å². The van der Waals surface area contributed by atoms with Crippen LogP contribution in [0.2, 0.25) is 5.02 Å². The lowest BCUT2D eigenvalue weighted by atomic mass is 9.87. The second-order valence-electron chi connectivity index (χ2n) is 4.87. The van der Waals surface area contributed by atoms with Gasteiger partial charge < -0.3 is 0 Å². The van der Waals surface area contributed by atoms with Gasteiger partial charge in [-0.05, 0) is 29.2 Å². The summed E-state index contributed by atoms with van der Waals surface area (Å²) in [6, 6.07) is 8.01. The van der Waals surface area contributed by atoms with Gasteiger partial charge >= 0.3 is 0 Å². The van der Waals surface area contributed by atoms with Gasteiger partial charge in [-0.25, -0.2) is 4.68 Å². The molecule has 0 spiro atoms. The molecule has 0 saturated heterocycles. The molecule has 0 aliphatic carbocycles. The Hall–Kier alpha value is -1.28. The first-order valence-corrected chi connectivity index (χ1v) is 5.66. The molecule has 16 heavy (non-hydrogen) atoms. The zero-order valence-corrected chi connectivity index (χ0v) is 10.5. The molecule has 3 heteroatoms. The Labute approximate surface area is 101 Å². The fraction of sp³-hybridized carbons (Fsp3) is 0.308. The van der Waals surface area contributed by atoms with Crippen LogP contribution in [-0.2, 0) is 5.41 Å². The van der Waals surface area contributed by atoms with Gasteiger partial charge in [-0.3, -0.25) is 0 Å². The lowest BCUT2D eigenvalue weighted by molar-refractivity contribution is 0.590. The molecular formula is C13H15ClN2. The number of hydrogen-bond acceptors (Lipinski definition) is 1. The number of rotatable bonds is 1. The van der Waals surface area contributed by atoms with E-state index in [-0.39, 0.29) is 5.41 Å². The van der Waals surface area contributed by atoms with E-state index in [4.69, 9.17) is 11.6 Å². The largest absolute Gasteiger partial charge is 0.239 e. The van der Waals surface area contributed by atoms with Crippen molar-refractivity contribution in [1.82, 2.24) is 9.78 Å². The molecule has 0 saturated carbocycles. The summed E-state index contributed by atoms with van der Waals surface area (Å²) < 4.78 is 1.77. The fourth-order valence-electron chi connectivity index (χ4n) is 1.57. The van der Waals surface area contributed by atoms with Crippen molar-refractivity contribution in [2.75, 3.05) is 0 Å². The van der Waals surface area contributed by atoms with E-state index in [0.717, 1.165) is 10.7 Å². The number of benzene rings is 1. The average molecular weight is 235 g/mol. The van der Waals surface area contributed by atoms with E-state index in [9.17, 15) is 0 Å². The van der Waals surface area contributed by atoms with Crippen LogP contribution in [0.4, 0.5) is 0 Å². The van der Waals surface area contributed by atoms with Gasteiger partial charge in [0.2, 0.25) is 0 Å². The van der Waals surface area contributed by atoms with Crippen molar-refractivity contribution in [1.29, 1.82) is 0 Å². The molecule has 84 valence electrons. The van der Waals surface area contributed by atoms with Crippen molar-refractivity contribution in [3.8, 4) is 5.69 Å². The van der Waals surface area contributed by atoms with E-state index in [0.29, 0.717) is 0 Å². The fourth-order valence-corrected chi connectivity index (χ4v) is 1.84. The van der Waals surface area contributed by atoms with Crippen molar-refractivity contribution in [3.05, 3.63) is 47.2 Å². The Balaban J connectivity index is 2.46. The van der Waals surface area contributed by atoms with Crippen LogP contribution >= 0.6 is 11.6 Å². The summed E-state index contributed by atoms with van der Waals surface area (Å²) in [5.41, 5.74) is 2.26. The molecule has 1 heterocycles. The predicted molar refractivity (Wildman–Crippen MR) is 67.3 cm³/mol. The van der Waals surface area contributed by atoms with Crippen LogP contribution in [0.15, 0.2) is 36.7 Å². The van der Waals surface area contributed by atoms with Gasteiger partial charge in [0, 0.05) is 12.4 Å². The first-order chi connectivity index (χ1) is 7.48. The first kappa shape index (κ1) is 11.2. The Morgan fingerprint density at radius 2 is 2.00 bits per heavy atom. The zero-order valence-electron chi connectivity index (χ0n) is 9.74. The maximum absolute atomic E-state index is 6.27. The average Bonchev–Trinajstić information content (AvgIpc) is 2.69. The first-order valence-electron chi connectivity index (χ1n) is 5.28. The van der Waals surface area contributed by atoms with Crippen LogP contribution < -0.4 is 0 Å². The summed E-state index contributed by atoms with van der Waals surface area (Å²) >= 11 is 6.27. The van der Waals surface area contributed by atoms with Crippen molar-refractivity contribution >= 4 is 11.6 Å². The molecule has 2 aromatic rings. The molecule has 1 aromatic heterocycles. The minimum atomic E-state index is 0.117. The van der Waals surface area contributed by atoms with Crippen LogP contribution in [0.1, 0.15) is 26.3 Å². The Bertz CT molecular complexity index is 481. The summed E-state index contributed by atoms with van der Waals surface area (Å²) in [4.78, 5) is 0. The molecule has 2 nitrogen and oxygen atoms in total. The normalized spacial score (nSPS) is 11.8. The highest BCUT2D eigenvalue weighted by atomic mass is 35.5. The number of halogens is 1. The van der Waals surface area contributed by atoms with Gasteiger partial charge in [-0.2, -0.15) is 5.10 Å². The molecule has 0 aliphatic rings. The Morgan fingerprint density at radius 3 is 2.50 bits per heavy atom. The van der Waals surface area contributed by atoms with Crippen LogP contribution in [0, 0.1) is 0 Å². The smallest absolute Gasteiger partial charge is 0.0831 e. The molecule has 0 unspecified atom stereocenters. The van der Waals surface area contributed by atoms with Crippen LogP contribution in [0.3, 0.4) is 0 Å². The summed E-state index contributed by atoms with van der Waals surface area (Å²) in [6.45, 7) is 6.52. The van der Waals surface area contributed by atoms with Crippen molar-refractivity contribution in [2.45, 2.75) is 26.2 Å². The lowest BCUT2D eigenvalue weighted by Crippen LogP contribution is -2.11. The summed E-state index contributed by atoms with van der Waals surface area (Å²) in [5.74, 6) is 0. The molecule has 0 amide bonds. The third kappa shape index (κ3) is 2.12. The van der Waals surface area contributed by atoms with E-state index in [1.807, 2.05) is 24.4 Å². The summed E-state index contributed by atoms with van der Waals surface area (Å²) in [7, 11) is 0. The van der Waals surface area contributed by atoms with E-state index in [2.05, 4.69) is 31.9 Å². The van der Waals surface area contributed by atoms with Gasteiger partial charge in [-0.15, -0.1) is 0 Å². The number of hydrogen-bond donors (Lipinski definition) is 0. The van der Waals surface area contributed by atoms with Crippen molar-refractivity contribution in [3.63, 3.8) is 0 Å². The highest BCUT2D eigenvalue weighted by Gasteiger charge is 2.15. The van der Waals surface area contributed by atoms with Gasteiger partial charge in [0.15, 0.2) is 0 Å². The zero-order chi connectivity index (χ0) is 11.8. The minimum Gasteiger partial charge on any atom is -0.239 e. The SMILES string of the molecule is CC(C)(C)c1ccc(-n2cccn2)c(Cl)c1. The summed E-state index contributed by atoms with van der Waals surface area (Å²) in [5, 5.41) is 4.90. The van der Waals surface area contributed by atoms with Crippen LogP contribution in [0.5, 0.6) is 0 Å². The predicted octanol–water partition coefficient (Wildman–Crippen LogP) is 3.82. The maximum atomic E-state index is 6.27. The van der Waals surface area contributed by atoms with Gasteiger partial charge in [0.25, 0.3) is 0 Å². The third-order valence-electron chi connectivity index (χ3n) is 2.56. The molecule has 1 aromatic carbocycles. The summed E-state index contributed by atoms with van der Waals surface area (Å²) in [6.07, 6.45) is 3.63. The monoisotopic (exact) mass is 234 g/mol. The highest BCUT2D eigenvalue weighted by Crippen LogP contribution is 2.28. The molecular weight excluding hydrogens is 220 g/mol. The van der Waals surface area contributed by atoms with Crippen LogP contribution in [0.25, 0.3) is 5.69 Å². The van der Waals surface area contributed by atoms with Gasteiger partial charge in [0.1, 0.15) is 0 Å².